The van der Waals surface area contributed by atoms with Crippen LogP contribution in [0.5, 0.6) is 0 Å². The average Bonchev–Trinajstić information content (AvgIpc) is 2.50. The summed E-state index contributed by atoms with van der Waals surface area (Å²) >= 11 is 0. The molecule has 0 spiro atoms. The number of carbonyl (C=O) groups is 2. The van der Waals surface area contributed by atoms with E-state index in [1.165, 1.54) is 4.90 Å². The average molecular weight is 169 g/mol. The van der Waals surface area contributed by atoms with Gasteiger partial charge in [0.2, 0.25) is 5.91 Å². The summed E-state index contributed by atoms with van der Waals surface area (Å²) in [5, 5.41) is 8.70. The highest BCUT2D eigenvalue weighted by Gasteiger charge is 2.32. The highest BCUT2D eigenvalue weighted by molar-refractivity contribution is 5.91. The van der Waals surface area contributed by atoms with E-state index in [1.807, 2.05) is 0 Å². The van der Waals surface area contributed by atoms with Crippen LogP contribution < -0.4 is 0 Å². The molecule has 0 aromatic rings. The van der Waals surface area contributed by atoms with Crippen molar-refractivity contribution >= 4 is 11.9 Å². The third-order valence-corrected chi connectivity index (χ3v) is 2.00. The molecule has 1 aliphatic heterocycles. The number of hydrogen-bond donors (Lipinski definition) is 1. The zero-order valence-electron chi connectivity index (χ0n) is 6.69. The number of carboxylic acid groups (broad SMARTS) is 1. The van der Waals surface area contributed by atoms with Gasteiger partial charge in [-0.1, -0.05) is 6.58 Å². The van der Waals surface area contributed by atoms with E-state index in [-0.39, 0.29) is 5.91 Å². The molecular weight excluding hydrogens is 158 g/mol. The second-order valence-corrected chi connectivity index (χ2v) is 2.73. The quantitative estimate of drug-likeness (QED) is 0.603. The SMILES string of the molecule is C=CC(=O)N1CCC[C@@H]1C(=O)O. The number of carbonyl (C=O) groups excluding carboxylic acids is 1. The number of rotatable bonds is 2. The van der Waals surface area contributed by atoms with Crippen LogP contribution in [-0.2, 0) is 9.59 Å². The molecule has 0 unspecified atom stereocenters. The fourth-order valence-corrected chi connectivity index (χ4v) is 1.40. The zero-order valence-corrected chi connectivity index (χ0v) is 6.69. The van der Waals surface area contributed by atoms with Gasteiger partial charge in [-0.2, -0.15) is 0 Å². The van der Waals surface area contributed by atoms with Crippen molar-refractivity contribution in [3.05, 3.63) is 12.7 Å². The van der Waals surface area contributed by atoms with E-state index < -0.39 is 12.0 Å². The van der Waals surface area contributed by atoms with Crippen LogP contribution in [0.4, 0.5) is 0 Å². The second kappa shape index (κ2) is 3.38. The Morgan fingerprint density at radius 2 is 2.25 bits per heavy atom. The van der Waals surface area contributed by atoms with Gasteiger partial charge in [0.05, 0.1) is 0 Å². The Morgan fingerprint density at radius 3 is 2.75 bits per heavy atom. The molecule has 0 aromatic heterocycles. The van der Waals surface area contributed by atoms with E-state index in [0.29, 0.717) is 13.0 Å². The molecule has 1 rings (SSSR count). The van der Waals surface area contributed by atoms with Crippen LogP contribution in [0, 0.1) is 0 Å². The third kappa shape index (κ3) is 1.47. The molecule has 0 aromatic carbocycles. The highest BCUT2D eigenvalue weighted by Crippen LogP contribution is 2.17. The van der Waals surface area contributed by atoms with Gasteiger partial charge in [0.15, 0.2) is 0 Å². The summed E-state index contributed by atoms with van der Waals surface area (Å²) in [6, 6.07) is -0.643. The van der Waals surface area contributed by atoms with Crippen molar-refractivity contribution in [2.75, 3.05) is 6.54 Å². The number of carboxylic acids is 1. The summed E-state index contributed by atoms with van der Waals surface area (Å²) in [7, 11) is 0. The Labute approximate surface area is 70.5 Å². The van der Waals surface area contributed by atoms with Crippen LogP contribution in [-0.4, -0.2) is 34.5 Å². The van der Waals surface area contributed by atoms with Crippen molar-refractivity contribution in [2.45, 2.75) is 18.9 Å². The Morgan fingerprint density at radius 1 is 1.58 bits per heavy atom. The molecule has 0 aliphatic carbocycles. The molecule has 12 heavy (non-hydrogen) atoms. The van der Waals surface area contributed by atoms with E-state index in [4.69, 9.17) is 5.11 Å². The molecule has 66 valence electrons. The lowest BCUT2D eigenvalue weighted by Gasteiger charge is -2.18. The number of amides is 1. The van der Waals surface area contributed by atoms with E-state index in [0.717, 1.165) is 12.5 Å². The zero-order chi connectivity index (χ0) is 9.14. The van der Waals surface area contributed by atoms with Gasteiger partial charge in [-0.25, -0.2) is 4.79 Å². The first kappa shape index (κ1) is 8.77. The van der Waals surface area contributed by atoms with Gasteiger partial charge >= 0.3 is 5.97 Å². The minimum absolute atomic E-state index is 0.292. The Bertz CT molecular complexity index is 224. The molecular formula is C8H11NO3. The first-order valence-electron chi connectivity index (χ1n) is 3.82. The maximum atomic E-state index is 11.1. The number of likely N-dealkylation sites (tertiary alicyclic amines) is 1. The molecule has 1 saturated heterocycles. The van der Waals surface area contributed by atoms with Crippen molar-refractivity contribution in [3.63, 3.8) is 0 Å². The maximum Gasteiger partial charge on any atom is 0.326 e. The summed E-state index contributed by atoms with van der Waals surface area (Å²) in [6.45, 7) is 3.84. The van der Waals surface area contributed by atoms with Crippen LogP contribution in [0.3, 0.4) is 0 Å². The van der Waals surface area contributed by atoms with E-state index in [9.17, 15) is 9.59 Å². The van der Waals surface area contributed by atoms with E-state index in [2.05, 4.69) is 6.58 Å². The molecule has 0 radical (unpaired) electrons. The normalized spacial score (nSPS) is 22.3. The number of nitrogens with zero attached hydrogens (tertiary/aromatic N) is 1. The minimum Gasteiger partial charge on any atom is -0.480 e. The Kier molecular flexibility index (Phi) is 2.47. The van der Waals surface area contributed by atoms with Crippen LogP contribution in [0.1, 0.15) is 12.8 Å². The fraction of sp³-hybridized carbons (Fsp3) is 0.500. The van der Waals surface area contributed by atoms with Crippen LogP contribution in [0.2, 0.25) is 0 Å². The van der Waals surface area contributed by atoms with Crippen LogP contribution in [0.25, 0.3) is 0 Å². The van der Waals surface area contributed by atoms with Crippen molar-refractivity contribution in [1.29, 1.82) is 0 Å². The van der Waals surface area contributed by atoms with Gasteiger partial charge in [0.1, 0.15) is 6.04 Å². The Balaban J connectivity index is 2.69. The van der Waals surface area contributed by atoms with Crippen molar-refractivity contribution < 1.29 is 14.7 Å². The monoisotopic (exact) mass is 169 g/mol. The summed E-state index contributed by atoms with van der Waals surface area (Å²) in [5.41, 5.74) is 0. The van der Waals surface area contributed by atoms with E-state index in [1.54, 1.807) is 0 Å². The number of hydrogen-bond acceptors (Lipinski definition) is 2. The highest BCUT2D eigenvalue weighted by atomic mass is 16.4. The topological polar surface area (TPSA) is 57.6 Å². The van der Waals surface area contributed by atoms with Crippen molar-refractivity contribution in [3.8, 4) is 0 Å². The van der Waals surface area contributed by atoms with Crippen molar-refractivity contribution in [2.24, 2.45) is 0 Å². The fourth-order valence-electron chi connectivity index (χ4n) is 1.40. The van der Waals surface area contributed by atoms with Crippen LogP contribution >= 0.6 is 0 Å². The molecule has 1 atom stereocenters. The van der Waals surface area contributed by atoms with Gasteiger partial charge in [-0.15, -0.1) is 0 Å². The summed E-state index contributed by atoms with van der Waals surface area (Å²) in [4.78, 5) is 23.0. The largest absolute Gasteiger partial charge is 0.480 e. The van der Waals surface area contributed by atoms with Crippen LogP contribution in [0.15, 0.2) is 12.7 Å². The number of aliphatic carboxylic acids is 1. The molecule has 4 heteroatoms. The molecule has 0 bridgehead atoms. The molecule has 0 saturated carbocycles. The van der Waals surface area contributed by atoms with E-state index >= 15 is 0 Å². The summed E-state index contributed by atoms with van der Waals surface area (Å²) < 4.78 is 0. The molecule has 1 fully saturated rings. The van der Waals surface area contributed by atoms with Gasteiger partial charge in [-0.3, -0.25) is 4.79 Å². The van der Waals surface area contributed by atoms with Gasteiger partial charge in [0, 0.05) is 6.54 Å². The van der Waals surface area contributed by atoms with Gasteiger partial charge in [0.25, 0.3) is 0 Å². The summed E-state index contributed by atoms with van der Waals surface area (Å²) in [6.07, 6.45) is 2.46. The molecule has 1 aliphatic rings. The molecule has 1 heterocycles. The lowest BCUT2D eigenvalue weighted by atomic mass is 10.2. The first-order valence-corrected chi connectivity index (χ1v) is 3.82. The smallest absolute Gasteiger partial charge is 0.326 e. The second-order valence-electron chi connectivity index (χ2n) is 2.73. The minimum atomic E-state index is -0.928. The Hall–Kier alpha value is -1.32. The maximum absolute atomic E-state index is 11.1. The lowest BCUT2D eigenvalue weighted by molar-refractivity contribution is -0.146. The first-order chi connectivity index (χ1) is 5.66. The third-order valence-electron chi connectivity index (χ3n) is 2.00. The summed E-state index contributed by atoms with van der Waals surface area (Å²) in [5.74, 6) is -1.22. The molecule has 1 amide bonds. The molecule has 4 nitrogen and oxygen atoms in total. The molecule has 1 N–H and O–H groups in total. The predicted molar refractivity (Wildman–Crippen MR) is 42.6 cm³/mol. The predicted octanol–water partition coefficient (Wildman–Crippen LogP) is 0.248. The standard InChI is InChI=1S/C8H11NO3/c1-2-7(10)9-5-3-4-6(9)8(11)12/h2,6H,1,3-5H2,(H,11,12)/t6-/m1/s1. The lowest BCUT2D eigenvalue weighted by Crippen LogP contribution is -2.39. The van der Waals surface area contributed by atoms with Gasteiger partial charge in [-0.05, 0) is 18.9 Å². The van der Waals surface area contributed by atoms with Gasteiger partial charge < -0.3 is 10.0 Å². The van der Waals surface area contributed by atoms with Crippen molar-refractivity contribution in [1.82, 2.24) is 4.90 Å².